The van der Waals surface area contributed by atoms with Gasteiger partial charge in [0.05, 0.1) is 17.8 Å². The molecule has 0 radical (unpaired) electrons. The molecule has 0 unspecified atom stereocenters. The molecule has 1 aromatic carbocycles. The van der Waals surface area contributed by atoms with Crippen LogP contribution in [0.1, 0.15) is 12.0 Å². The number of fused-ring (bicyclic) bond motifs is 1. The minimum Gasteiger partial charge on any atom is -0.488 e. The van der Waals surface area contributed by atoms with Crippen LogP contribution in [0, 0.1) is 0 Å². The second-order valence-corrected chi connectivity index (χ2v) is 7.77. The number of amides is 2. The van der Waals surface area contributed by atoms with Crippen LogP contribution in [-0.2, 0) is 6.18 Å². The maximum atomic E-state index is 13.1. The van der Waals surface area contributed by atoms with Gasteiger partial charge in [0.2, 0.25) is 0 Å². The molecule has 3 aromatic rings. The second-order valence-electron chi connectivity index (χ2n) is 7.77. The first-order valence-electron chi connectivity index (χ1n) is 10.5. The Morgan fingerprint density at radius 1 is 1.06 bits per heavy atom. The van der Waals surface area contributed by atoms with Crippen LogP contribution >= 0.6 is 0 Å². The summed E-state index contributed by atoms with van der Waals surface area (Å²) in [6.45, 7) is 2.40. The lowest BCUT2D eigenvalue weighted by atomic mass is 10.1. The molecule has 7 nitrogen and oxygen atoms in total. The minimum atomic E-state index is -4.46. The van der Waals surface area contributed by atoms with Gasteiger partial charge in [0.25, 0.3) is 0 Å². The average molecular weight is 455 g/mol. The first-order valence-corrected chi connectivity index (χ1v) is 10.5. The fourth-order valence-corrected chi connectivity index (χ4v) is 3.71. The Kier molecular flexibility index (Phi) is 5.27. The summed E-state index contributed by atoms with van der Waals surface area (Å²) in [5.41, 5.74) is 0.444. The van der Waals surface area contributed by atoms with Crippen molar-refractivity contribution in [3.63, 3.8) is 0 Å². The molecule has 10 heteroatoms. The number of urea groups is 1. The summed E-state index contributed by atoms with van der Waals surface area (Å²) in [5, 5.41) is 2.86. The minimum absolute atomic E-state index is 0.252. The van der Waals surface area contributed by atoms with E-state index in [1.165, 1.54) is 11.0 Å². The smallest absolute Gasteiger partial charge is 0.416 e. The fraction of sp³-hybridized carbons (Fsp3) is 0.261. The Balaban J connectivity index is 1.41. The molecule has 1 fully saturated rings. The zero-order valence-corrected chi connectivity index (χ0v) is 17.5. The highest BCUT2D eigenvalue weighted by molar-refractivity contribution is 6.02. The van der Waals surface area contributed by atoms with Gasteiger partial charge in [0.15, 0.2) is 11.6 Å². The lowest BCUT2D eigenvalue weighted by Crippen LogP contribution is -2.41. The van der Waals surface area contributed by atoms with Crippen LogP contribution < -0.4 is 19.9 Å². The number of hydrogen-bond acceptors (Lipinski definition) is 5. The summed E-state index contributed by atoms with van der Waals surface area (Å²) in [6.07, 6.45) is -1.71. The number of anilines is 3. The molecule has 4 heterocycles. The first-order chi connectivity index (χ1) is 15.9. The molecule has 1 N–H and O–H groups in total. The van der Waals surface area contributed by atoms with E-state index in [-0.39, 0.29) is 19.0 Å². The van der Waals surface area contributed by atoms with Gasteiger partial charge < -0.3 is 15.0 Å². The van der Waals surface area contributed by atoms with E-state index in [1.54, 1.807) is 30.5 Å². The van der Waals surface area contributed by atoms with Gasteiger partial charge in [0, 0.05) is 36.6 Å². The Labute approximate surface area is 187 Å². The molecular formula is C23H20F3N5O2. The number of ether oxygens (including phenoxy) is 1. The van der Waals surface area contributed by atoms with Gasteiger partial charge in [-0.05, 0) is 36.8 Å². The van der Waals surface area contributed by atoms with Gasteiger partial charge >= 0.3 is 12.2 Å². The predicted molar refractivity (Wildman–Crippen MR) is 118 cm³/mol. The molecule has 0 atom stereocenters. The Bertz CT molecular complexity index is 1200. The zero-order chi connectivity index (χ0) is 23.0. The van der Waals surface area contributed by atoms with Gasteiger partial charge in [-0.2, -0.15) is 13.2 Å². The van der Waals surface area contributed by atoms with E-state index < -0.39 is 17.8 Å². The molecule has 2 amide bonds. The lowest BCUT2D eigenvalue weighted by Gasteiger charge is -2.32. The van der Waals surface area contributed by atoms with Gasteiger partial charge in [0.1, 0.15) is 12.4 Å². The van der Waals surface area contributed by atoms with Crippen molar-refractivity contribution in [1.82, 2.24) is 9.97 Å². The molecule has 0 bridgehead atoms. The van der Waals surface area contributed by atoms with Crippen LogP contribution in [0.3, 0.4) is 0 Å². The third-order valence-corrected chi connectivity index (χ3v) is 5.58. The van der Waals surface area contributed by atoms with Crippen LogP contribution in [0.5, 0.6) is 5.75 Å². The predicted octanol–water partition coefficient (Wildman–Crippen LogP) is 4.80. The number of pyridine rings is 2. The van der Waals surface area contributed by atoms with Crippen molar-refractivity contribution in [3.05, 3.63) is 60.3 Å². The number of nitrogens with one attached hydrogen (secondary N) is 1. The largest absolute Gasteiger partial charge is 0.488 e. The molecule has 0 spiro atoms. The number of alkyl halides is 3. The van der Waals surface area contributed by atoms with Crippen molar-refractivity contribution < 1.29 is 22.7 Å². The number of hydrogen-bond donors (Lipinski definition) is 1. The van der Waals surface area contributed by atoms with E-state index in [2.05, 4.69) is 20.2 Å². The number of nitrogens with zero attached hydrogens (tertiary/aromatic N) is 4. The quantitative estimate of drug-likeness (QED) is 0.614. The van der Waals surface area contributed by atoms with E-state index in [0.29, 0.717) is 22.7 Å². The normalized spacial score (nSPS) is 15.4. The summed E-state index contributed by atoms with van der Waals surface area (Å²) >= 11 is 0. The zero-order valence-electron chi connectivity index (χ0n) is 17.5. The fourth-order valence-electron chi connectivity index (χ4n) is 3.71. The third kappa shape index (κ3) is 4.28. The number of rotatable bonds is 3. The summed E-state index contributed by atoms with van der Waals surface area (Å²) in [4.78, 5) is 25.4. The monoisotopic (exact) mass is 455 g/mol. The van der Waals surface area contributed by atoms with Crippen LogP contribution in [0.4, 0.5) is 35.3 Å². The maximum absolute atomic E-state index is 13.1. The Hall–Kier alpha value is -3.82. The topological polar surface area (TPSA) is 70.6 Å². The van der Waals surface area contributed by atoms with Gasteiger partial charge in [-0.3, -0.25) is 4.90 Å². The van der Waals surface area contributed by atoms with Crippen LogP contribution in [-0.4, -0.2) is 42.2 Å². The molecule has 0 saturated carbocycles. The highest BCUT2D eigenvalue weighted by Gasteiger charge is 2.31. The summed E-state index contributed by atoms with van der Waals surface area (Å²) in [7, 11) is 0. The number of aromatic nitrogens is 2. The maximum Gasteiger partial charge on any atom is 0.416 e. The molecule has 2 aliphatic heterocycles. The van der Waals surface area contributed by atoms with Gasteiger partial charge in [-0.1, -0.05) is 12.1 Å². The number of carbonyl (C=O) groups is 1. The highest BCUT2D eigenvalue weighted by Crippen LogP contribution is 2.35. The van der Waals surface area contributed by atoms with Crippen molar-refractivity contribution in [2.75, 3.05) is 41.4 Å². The molecule has 33 heavy (non-hydrogen) atoms. The van der Waals surface area contributed by atoms with E-state index in [1.807, 2.05) is 6.07 Å². The molecule has 1 saturated heterocycles. The molecular weight excluding hydrogens is 435 g/mol. The molecule has 5 rings (SSSR count). The third-order valence-electron chi connectivity index (χ3n) is 5.58. The van der Waals surface area contributed by atoms with Crippen LogP contribution in [0.25, 0.3) is 11.3 Å². The summed E-state index contributed by atoms with van der Waals surface area (Å²) < 4.78 is 45.0. The number of carbonyl (C=O) groups excluding carboxylic acids is 1. The SMILES string of the molecule is O=C(Nc1ccnc(N2CCC2)c1)N1CCOc2ccc(-c3cccc(C(F)(F)F)c3)nc21. The Morgan fingerprint density at radius 2 is 1.91 bits per heavy atom. The Morgan fingerprint density at radius 3 is 2.67 bits per heavy atom. The van der Waals surface area contributed by atoms with E-state index in [9.17, 15) is 18.0 Å². The second kappa shape index (κ2) is 8.27. The van der Waals surface area contributed by atoms with Crippen molar-refractivity contribution in [1.29, 1.82) is 0 Å². The average Bonchev–Trinajstić information content (AvgIpc) is 2.77. The van der Waals surface area contributed by atoms with Gasteiger partial charge in [-0.15, -0.1) is 0 Å². The number of benzene rings is 1. The lowest BCUT2D eigenvalue weighted by molar-refractivity contribution is -0.137. The summed E-state index contributed by atoms with van der Waals surface area (Å²) in [6, 6.07) is 11.2. The van der Waals surface area contributed by atoms with E-state index in [4.69, 9.17) is 4.74 Å². The molecule has 0 aliphatic carbocycles. The molecule has 2 aliphatic rings. The summed E-state index contributed by atoms with van der Waals surface area (Å²) in [5.74, 6) is 1.44. The molecule has 170 valence electrons. The van der Waals surface area contributed by atoms with E-state index in [0.717, 1.165) is 37.5 Å². The first kappa shape index (κ1) is 21.0. The van der Waals surface area contributed by atoms with Crippen molar-refractivity contribution in [2.45, 2.75) is 12.6 Å². The van der Waals surface area contributed by atoms with Crippen molar-refractivity contribution in [3.8, 4) is 17.0 Å². The van der Waals surface area contributed by atoms with Crippen molar-refractivity contribution in [2.24, 2.45) is 0 Å². The standard InChI is InChI=1S/C23H20F3N5O2/c24-23(25,26)16-4-1-3-15(13-16)18-5-6-19-21(29-18)31(11-12-33-19)22(32)28-17-7-8-27-20(14-17)30-9-2-10-30/h1,3-8,13-14H,2,9-12H2,(H,27,28,32). The van der Waals surface area contributed by atoms with Gasteiger partial charge in [-0.25, -0.2) is 14.8 Å². The van der Waals surface area contributed by atoms with E-state index >= 15 is 0 Å². The molecule has 2 aromatic heterocycles. The number of halogens is 3. The van der Waals surface area contributed by atoms with Crippen LogP contribution in [0.2, 0.25) is 0 Å². The van der Waals surface area contributed by atoms with Crippen molar-refractivity contribution >= 4 is 23.4 Å². The van der Waals surface area contributed by atoms with Crippen LogP contribution in [0.15, 0.2) is 54.7 Å². The highest BCUT2D eigenvalue weighted by atomic mass is 19.4.